The average Bonchev–Trinajstić information content (AvgIpc) is 2.33. The van der Waals surface area contributed by atoms with Crippen molar-refractivity contribution in [2.45, 2.75) is 26.7 Å². The Balaban J connectivity index is 2.28. The average molecular weight is 262 g/mol. The topological polar surface area (TPSA) is 75.3 Å². The molecular formula is C14H18N2O3. The van der Waals surface area contributed by atoms with Gasteiger partial charge in [-0.15, -0.1) is 0 Å². The Bertz CT molecular complexity index is 483. The highest BCUT2D eigenvalue weighted by Gasteiger charge is 2.06. The van der Waals surface area contributed by atoms with E-state index in [4.69, 9.17) is 0 Å². The largest absolute Gasteiger partial charge is 0.352 e. The Kier molecular flexibility index (Phi) is 5.73. The van der Waals surface area contributed by atoms with E-state index in [0.29, 0.717) is 18.5 Å². The van der Waals surface area contributed by atoms with Crippen LogP contribution in [-0.2, 0) is 9.59 Å². The minimum atomic E-state index is -0.367. The van der Waals surface area contributed by atoms with Crippen LogP contribution in [0.15, 0.2) is 24.3 Å². The van der Waals surface area contributed by atoms with Crippen LogP contribution >= 0.6 is 0 Å². The lowest BCUT2D eigenvalue weighted by molar-refractivity contribution is -0.129. The summed E-state index contributed by atoms with van der Waals surface area (Å²) >= 11 is 0. The number of hydrogen-bond donors (Lipinski definition) is 2. The van der Waals surface area contributed by atoms with Crippen LogP contribution in [0.4, 0.5) is 0 Å². The number of nitrogens with one attached hydrogen (secondary N) is 2. The first-order valence-corrected chi connectivity index (χ1v) is 6.14. The fourth-order valence-corrected chi connectivity index (χ4v) is 1.60. The van der Waals surface area contributed by atoms with Gasteiger partial charge in [0.1, 0.15) is 0 Å². The molecule has 0 heterocycles. The molecule has 0 bridgehead atoms. The molecule has 2 N–H and O–H groups in total. The molecule has 0 atom stereocenters. The van der Waals surface area contributed by atoms with Crippen LogP contribution in [0.25, 0.3) is 0 Å². The third kappa shape index (κ3) is 5.81. The molecule has 0 spiro atoms. The highest BCUT2D eigenvalue weighted by molar-refractivity contribution is 5.95. The van der Waals surface area contributed by atoms with Crippen molar-refractivity contribution in [1.82, 2.24) is 10.6 Å². The smallest absolute Gasteiger partial charge is 0.251 e. The van der Waals surface area contributed by atoms with Crippen molar-refractivity contribution in [2.24, 2.45) is 0 Å². The van der Waals surface area contributed by atoms with E-state index < -0.39 is 0 Å². The Morgan fingerprint density at radius 2 is 1.95 bits per heavy atom. The summed E-state index contributed by atoms with van der Waals surface area (Å²) in [6.45, 7) is 3.61. The van der Waals surface area contributed by atoms with Gasteiger partial charge in [0.15, 0.2) is 0 Å². The fourth-order valence-electron chi connectivity index (χ4n) is 1.60. The summed E-state index contributed by atoms with van der Waals surface area (Å²) in [5.74, 6) is -0.846. The van der Waals surface area contributed by atoms with Gasteiger partial charge in [0.05, 0.1) is 0 Å². The van der Waals surface area contributed by atoms with Crippen LogP contribution in [0, 0.1) is 6.92 Å². The molecule has 0 aliphatic carbocycles. The maximum Gasteiger partial charge on any atom is 0.251 e. The second kappa shape index (κ2) is 7.31. The summed E-state index contributed by atoms with van der Waals surface area (Å²) in [5, 5.41) is 4.91. The van der Waals surface area contributed by atoms with E-state index in [2.05, 4.69) is 10.6 Å². The molecule has 0 saturated heterocycles. The summed E-state index contributed by atoms with van der Waals surface area (Å²) in [5.41, 5.74) is 1.63. The molecule has 1 rings (SSSR count). The molecule has 1 aromatic carbocycles. The molecule has 5 heteroatoms. The van der Waals surface area contributed by atoms with Crippen molar-refractivity contribution in [3.63, 3.8) is 0 Å². The quantitative estimate of drug-likeness (QED) is 0.782. The van der Waals surface area contributed by atoms with Crippen LogP contribution < -0.4 is 10.6 Å². The number of rotatable bonds is 5. The predicted molar refractivity (Wildman–Crippen MR) is 71.6 cm³/mol. The van der Waals surface area contributed by atoms with E-state index in [1.165, 1.54) is 6.92 Å². The fraction of sp³-hybridized carbons (Fsp3) is 0.357. The molecule has 1 aromatic rings. The summed E-state index contributed by atoms with van der Waals surface area (Å²) in [7, 11) is 0. The van der Waals surface area contributed by atoms with E-state index in [9.17, 15) is 14.4 Å². The molecule has 0 saturated carbocycles. The molecule has 5 nitrogen and oxygen atoms in total. The Morgan fingerprint density at radius 3 is 2.58 bits per heavy atom. The third-order valence-corrected chi connectivity index (χ3v) is 2.46. The maximum atomic E-state index is 11.8. The van der Waals surface area contributed by atoms with Crippen LogP contribution in [0.3, 0.4) is 0 Å². The minimum Gasteiger partial charge on any atom is -0.352 e. The lowest BCUT2D eigenvalue weighted by Gasteiger charge is -2.05. The molecule has 102 valence electrons. The zero-order valence-electron chi connectivity index (χ0n) is 11.2. The normalized spacial score (nSPS) is 9.79. The summed E-state index contributed by atoms with van der Waals surface area (Å²) in [6.07, 6.45) is 0.713. The highest BCUT2D eigenvalue weighted by Crippen LogP contribution is 2.03. The molecule has 0 aliphatic heterocycles. The zero-order chi connectivity index (χ0) is 14.3. The lowest BCUT2D eigenvalue weighted by Crippen LogP contribution is -2.29. The standard InChI is InChI=1S/C14H18N2O3/c1-10-5-3-6-12(9-10)14(19)15-8-4-7-13(18)16-11(2)17/h3,5-6,9H,4,7-8H2,1-2H3,(H,15,19)(H,16,17,18). The van der Waals surface area contributed by atoms with Gasteiger partial charge in [-0.3, -0.25) is 19.7 Å². The van der Waals surface area contributed by atoms with E-state index in [1.54, 1.807) is 12.1 Å². The first-order valence-electron chi connectivity index (χ1n) is 6.14. The second-order valence-electron chi connectivity index (χ2n) is 4.33. The molecule has 0 aromatic heterocycles. The summed E-state index contributed by atoms with van der Waals surface area (Å²) < 4.78 is 0. The molecule has 0 radical (unpaired) electrons. The molecule has 0 fully saturated rings. The maximum absolute atomic E-state index is 11.8. The van der Waals surface area contributed by atoms with Crippen molar-refractivity contribution in [3.8, 4) is 0 Å². The lowest BCUT2D eigenvalue weighted by atomic mass is 10.1. The summed E-state index contributed by atoms with van der Waals surface area (Å²) in [4.78, 5) is 33.5. The third-order valence-electron chi connectivity index (χ3n) is 2.46. The van der Waals surface area contributed by atoms with E-state index >= 15 is 0 Å². The minimum absolute atomic E-state index is 0.157. The number of amides is 3. The van der Waals surface area contributed by atoms with Crippen molar-refractivity contribution in [1.29, 1.82) is 0 Å². The number of carbonyl (C=O) groups excluding carboxylic acids is 3. The Labute approximate surface area is 112 Å². The van der Waals surface area contributed by atoms with Crippen LogP contribution in [-0.4, -0.2) is 24.3 Å². The number of imide groups is 1. The number of benzene rings is 1. The number of aryl methyl sites for hydroxylation is 1. The second-order valence-corrected chi connectivity index (χ2v) is 4.33. The van der Waals surface area contributed by atoms with Gasteiger partial charge in [0.2, 0.25) is 11.8 Å². The monoisotopic (exact) mass is 262 g/mol. The van der Waals surface area contributed by atoms with Gasteiger partial charge in [-0.25, -0.2) is 0 Å². The van der Waals surface area contributed by atoms with Crippen LogP contribution in [0.2, 0.25) is 0 Å². The Morgan fingerprint density at radius 1 is 1.21 bits per heavy atom. The molecule has 3 amide bonds. The van der Waals surface area contributed by atoms with Crippen molar-refractivity contribution in [2.75, 3.05) is 6.54 Å². The number of carbonyl (C=O) groups is 3. The van der Waals surface area contributed by atoms with Gasteiger partial charge in [-0.05, 0) is 25.5 Å². The van der Waals surface area contributed by atoms with Gasteiger partial charge in [-0.1, -0.05) is 17.7 Å². The first kappa shape index (κ1) is 14.9. The number of hydrogen-bond acceptors (Lipinski definition) is 3. The zero-order valence-corrected chi connectivity index (χ0v) is 11.2. The van der Waals surface area contributed by atoms with Crippen molar-refractivity contribution < 1.29 is 14.4 Å². The highest BCUT2D eigenvalue weighted by atomic mass is 16.2. The SMILES string of the molecule is CC(=O)NC(=O)CCCNC(=O)c1cccc(C)c1. The van der Waals surface area contributed by atoms with Gasteiger partial charge in [0, 0.05) is 25.5 Å². The molecular weight excluding hydrogens is 244 g/mol. The molecule has 0 unspecified atom stereocenters. The van der Waals surface area contributed by atoms with Crippen LogP contribution in [0.5, 0.6) is 0 Å². The van der Waals surface area contributed by atoms with Crippen molar-refractivity contribution >= 4 is 17.7 Å². The van der Waals surface area contributed by atoms with Gasteiger partial charge < -0.3 is 5.32 Å². The Hall–Kier alpha value is -2.17. The van der Waals surface area contributed by atoms with E-state index in [0.717, 1.165) is 5.56 Å². The van der Waals surface area contributed by atoms with Crippen LogP contribution in [0.1, 0.15) is 35.7 Å². The van der Waals surface area contributed by atoms with Crippen molar-refractivity contribution in [3.05, 3.63) is 35.4 Å². The van der Waals surface area contributed by atoms with Gasteiger partial charge >= 0.3 is 0 Å². The molecule has 0 aliphatic rings. The first-order chi connectivity index (χ1) is 8.99. The van der Waals surface area contributed by atoms with E-state index in [-0.39, 0.29) is 24.1 Å². The van der Waals surface area contributed by atoms with Gasteiger partial charge in [0.25, 0.3) is 5.91 Å². The van der Waals surface area contributed by atoms with E-state index in [1.807, 2.05) is 19.1 Å². The molecule has 19 heavy (non-hydrogen) atoms. The van der Waals surface area contributed by atoms with Gasteiger partial charge in [-0.2, -0.15) is 0 Å². The predicted octanol–water partition coefficient (Wildman–Crippen LogP) is 1.17. The summed E-state index contributed by atoms with van der Waals surface area (Å²) in [6, 6.07) is 7.29.